The number of piperidine rings is 1. The van der Waals surface area contributed by atoms with E-state index >= 15 is 0 Å². The van der Waals surface area contributed by atoms with Crippen LogP contribution in [-0.4, -0.2) is 32.7 Å². The molecule has 1 atom stereocenters. The van der Waals surface area contributed by atoms with Gasteiger partial charge in [0.25, 0.3) is 5.91 Å². The summed E-state index contributed by atoms with van der Waals surface area (Å²) in [7, 11) is 1.59. The van der Waals surface area contributed by atoms with Crippen molar-refractivity contribution in [2.45, 2.75) is 19.3 Å². The minimum Gasteiger partial charge on any atom is -0.495 e. The van der Waals surface area contributed by atoms with Gasteiger partial charge < -0.3 is 15.4 Å². The standard InChI is InChI=1S/C13H20N2O2S.ClH/c1-17-11-5-8-18-12(11)13(16)15-7-4-10-3-2-6-14-9-10;/h5,8,10,14H,2-4,6-7,9H2,1H3,(H,15,16);1H. The molecule has 1 aromatic rings. The molecular weight excluding hydrogens is 284 g/mol. The number of ether oxygens (including phenoxy) is 1. The van der Waals surface area contributed by atoms with E-state index in [0.717, 1.165) is 26.1 Å². The van der Waals surface area contributed by atoms with Crippen molar-refractivity contribution in [2.24, 2.45) is 5.92 Å². The van der Waals surface area contributed by atoms with Gasteiger partial charge >= 0.3 is 0 Å². The monoisotopic (exact) mass is 304 g/mol. The molecule has 1 amide bonds. The van der Waals surface area contributed by atoms with Gasteiger partial charge in [-0.25, -0.2) is 0 Å². The van der Waals surface area contributed by atoms with Crippen molar-refractivity contribution in [3.8, 4) is 5.75 Å². The molecule has 1 aromatic heterocycles. The summed E-state index contributed by atoms with van der Waals surface area (Å²) in [4.78, 5) is 12.6. The van der Waals surface area contributed by atoms with Crippen LogP contribution in [0.2, 0.25) is 0 Å². The second-order valence-corrected chi connectivity index (χ2v) is 5.49. The number of carbonyl (C=O) groups excluding carboxylic acids is 1. The Labute approximate surface area is 124 Å². The van der Waals surface area contributed by atoms with Gasteiger partial charge in [0.15, 0.2) is 0 Å². The molecule has 0 radical (unpaired) electrons. The summed E-state index contributed by atoms with van der Waals surface area (Å²) in [6.07, 6.45) is 3.56. The van der Waals surface area contributed by atoms with Crippen molar-refractivity contribution in [1.82, 2.24) is 10.6 Å². The summed E-state index contributed by atoms with van der Waals surface area (Å²) in [6.45, 7) is 2.96. The average molecular weight is 305 g/mol. The zero-order valence-electron chi connectivity index (χ0n) is 11.1. The van der Waals surface area contributed by atoms with E-state index in [-0.39, 0.29) is 18.3 Å². The number of methoxy groups -OCH3 is 1. The third kappa shape index (κ3) is 4.67. The molecule has 0 saturated carbocycles. The van der Waals surface area contributed by atoms with Gasteiger partial charge in [-0.2, -0.15) is 0 Å². The van der Waals surface area contributed by atoms with E-state index in [9.17, 15) is 4.79 Å². The third-order valence-corrected chi connectivity index (χ3v) is 4.19. The molecule has 1 saturated heterocycles. The normalized spacial score (nSPS) is 18.5. The number of rotatable bonds is 5. The highest BCUT2D eigenvalue weighted by Gasteiger charge is 2.15. The Morgan fingerprint density at radius 2 is 2.47 bits per heavy atom. The number of halogens is 1. The van der Waals surface area contributed by atoms with Crippen molar-refractivity contribution < 1.29 is 9.53 Å². The maximum absolute atomic E-state index is 11.9. The molecule has 6 heteroatoms. The molecule has 2 rings (SSSR count). The summed E-state index contributed by atoms with van der Waals surface area (Å²) >= 11 is 1.42. The summed E-state index contributed by atoms with van der Waals surface area (Å²) in [5.41, 5.74) is 0. The minimum atomic E-state index is -0.0226. The number of amides is 1. The second-order valence-electron chi connectivity index (χ2n) is 4.58. The maximum atomic E-state index is 11.9. The summed E-state index contributed by atoms with van der Waals surface area (Å²) in [5.74, 6) is 1.34. The van der Waals surface area contributed by atoms with Crippen LogP contribution >= 0.6 is 23.7 Å². The van der Waals surface area contributed by atoms with Gasteiger partial charge in [0, 0.05) is 6.54 Å². The van der Waals surface area contributed by atoms with Crippen LogP contribution in [0.3, 0.4) is 0 Å². The fourth-order valence-corrected chi connectivity index (χ4v) is 3.04. The first-order valence-corrected chi connectivity index (χ1v) is 7.29. The first-order chi connectivity index (χ1) is 8.81. The Morgan fingerprint density at radius 1 is 1.63 bits per heavy atom. The van der Waals surface area contributed by atoms with Gasteiger partial charge in [0.05, 0.1) is 7.11 Å². The van der Waals surface area contributed by atoms with E-state index in [1.165, 1.54) is 24.2 Å². The van der Waals surface area contributed by atoms with E-state index in [1.54, 1.807) is 7.11 Å². The molecule has 1 fully saturated rings. The van der Waals surface area contributed by atoms with Crippen LogP contribution in [0, 0.1) is 5.92 Å². The van der Waals surface area contributed by atoms with Gasteiger partial charge in [-0.15, -0.1) is 23.7 Å². The van der Waals surface area contributed by atoms with E-state index in [0.29, 0.717) is 16.5 Å². The van der Waals surface area contributed by atoms with Crippen LogP contribution in [0.5, 0.6) is 5.75 Å². The molecule has 2 heterocycles. The topological polar surface area (TPSA) is 50.4 Å². The van der Waals surface area contributed by atoms with E-state index in [2.05, 4.69) is 10.6 Å². The highest BCUT2D eigenvalue weighted by atomic mass is 35.5. The Morgan fingerprint density at radius 3 is 3.16 bits per heavy atom. The predicted molar refractivity (Wildman–Crippen MR) is 80.7 cm³/mol. The highest BCUT2D eigenvalue weighted by molar-refractivity contribution is 7.12. The van der Waals surface area contributed by atoms with E-state index in [4.69, 9.17) is 4.74 Å². The lowest BCUT2D eigenvalue weighted by Gasteiger charge is -2.22. The molecule has 0 spiro atoms. The van der Waals surface area contributed by atoms with Gasteiger partial charge in [-0.3, -0.25) is 4.79 Å². The van der Waals surface area contributed by atoms with Crippen LogP contribution in [0.25, 0.3) is 0 Å². The Hall–Kier alpha value is -0.780. The fourth-order valence-electron chi connectivity index (χ4n) is 2.26. The van der Waals surface area contributed by atoms with Crippen LogP contribution in [0.1, 0.15) is 28.9 Å². The maximum Gasteiger partial charge on any atom is 0.265 e. The minimum absolute atomic E-state index is 0. The number of thiophene rings is 1. The molecule has 4 nitrogen and oxygen atoms in total. The molecule has 1 aliphatic heterocycles. The molecule has 108 valence electrons. The van der Waals surface area contributed by atoms with E-state index in [1.807, 2.05) is 11.4 Å². The quantitative estimate of drug-likeness (QED) is 0.877. The van der Waals surface area contributed by atoms with Crippen molar-refractivity contribution in [1.29, 1.82) is 0 Å². The lowest BCUT2D eigenvalue weighted by Crippen LogP contribution is -2.33. The molecule has 0 bridgehead atoms. The van der Waals surface area contributed by atoms with E-state index < -0.39 is 0 Å². The Balaban J connectivity index is 0.00000180. The first-order valence-electron chi connectivity index (χ1n) is 6.41. The number of carbonyl (C=O) groups is 1. The van der Waals surface area contributed by atoms with Crippen molar-refractivity contribution in [3.05, 3.63) is 16.3 Å². The van der Waals surface area contributed by atoms with Crippen LogP contribution in [0.15, 0.2) is 11.4 Å². The van der Waals surface area contributed by atoms with Crippen molar-refractivity contribution >= 4 is 29.7 Å². The van der Waals surface area contributed by atoms with Crippen LogP contribution in [-0.2, 0) is 0 Å². The van der Waals surface area contributed by atoms with Crippen molar-refractivity contribution in [3.63, 3.8) is 0 Å². The molecular formula is C13H21ClN2O2S. The average Bonchev–Trinajstić information content (AvgIpc) is 2.88. The second kappa shape index (κ2) is 8.40. The smallest absolute Gasteiger partial charge is 0.265 e. The lowest BCUT2D eigenvalue weighted by molar-refractivity contribution is 0.0952. The number of nitrogens with one attached hydrogen (secondary N) is 2. The number of hydrogen-bond acceptors (Lipinski definition) is 4. The molecule has 1 unspecified atom stereocenters. The highest BCUT2D eigenvalue weighted by Crippen LogP contribution is 2.24. The molecule has 2 N–H and O–H groups in total. The van der Waals surface area contributed by atoms with Crippen LogP contribution in [0.4, 0.5) is 0 Å². The first kappa shape index (κ1) is 16.3. The van der Waals surface area contributed by atoms with Gasteiger partial charge in [0.1, 0.15) is 10.6 Å². The lowest BCUT2D eigenvalue weighted by atomic mass is 9.96. The largest absolute Gasteiger partial charge is 0.495 e. The molecule has 1 aliphatic rings. The zero-order chi connectivity index (χ0) is 12.8. The molecule has 19 heavy (non-hydrogen) atoms. The SMILES string of the molecule is COc1ccsc1C(=O)NCCC1CCCNC1.Cl. The Bertz CT molecular complexity index is 392. The molecule has 0 aliphatic carbocycles. The predicted octanol–water partition coefficient (Wildman–Crippen LogP) is 2.30. The van der Waals surface area contributed by atoms with Crippen molar-refractivity contribution in [2.75, 3.05) is 26.7 Å². The zero-order valence-corrected chi connectivity index (χ0v) is 12.7. The summed E-state index contributed by atoms with van der Waals surface area (Å²) < 4.78 is 5.14. The van der Waals surface area contributed by atoms with Gasteiger partial charge in [-0.05, 0) is 49.7 Å². The van der Waals surface area contributed by atoms with Gasteiger partial charge in [0.2, 0.25) is 0 Å². The summed E-state index contributed by atoms with van der Waals surface area (Å²) in [6, 6.07) is 1.82. The van der Waals surface area contributed by atoms with Gasteiger partial charge in [-0.1, -0.05) is 0 Å². The third-order valence-electron chi connectivity index (χ3n) is 3.29. The molecule has 0 aromatic carbocycles. The fraction of sp³-hybridized carbons (Fsp3) is 0.615. The Kier molecular flexibility index (Phi) is 7.20. The number of hydrogen-bond donors (Lipinski definition) is 2. The summed E-state index contributed by atoms with van der Waals surface area (Å²) in [5, 5.41) is 8.23. The van der Waals surface area contributed by atoms with Crippen LogP contribution < -0.4 is 15.4 Å².